The fraction of sp³-hybridized carbons (Fsp3) is 0.367. The van der Waals surface area contributed by atoms with Gasteiger partial charge in [-0.25, -0.2) is 14.2 Å². The molecule has 3 aliphatic heterocycles. The lowest BCUT2D eigenvalue weighted by Crippen LogP contribution is -2.37. The summed E-state index contributed by atoms with van der Waals surface area (Å²) in [6.07, 6.45) is 7.20. The lowest BCUT2D eigenvalue weighted by Gasteiger charge is -2.29. The number of rotatable bonds is 9. The highest BCUT2D eigenvalue weighted by Crippen LogP contribution is 2.35. The zero-order valence-corrected chi connectivity index (χ0v) is 24.5. The molecule has 10 nitrogen and oxygen atoms in total. The number of aliphatic imine (C=N–C) groups is 1. The van der Waals surface area contributed by atoms with Gasteiger partial charge in [0.2, 0.25) is 5.91 Å². The summed E-state index contributed by atoms with van der Waals surface area (Å²) in [6.45, 7) is -2.62. The molecule has 2 aromatic rings. The summed E-state index contributed by atoms with van der Waals surface area (Å²) < 4.78 is 47.5. The van der Waals surface area contributed by atoms with Crippen molar-refractivity contribution in [3.05, 3.63) is 88.0 Å². The van der Waals surface area contributed by atoms with E-state index in [1.165, 1.54) is 35.3 Å². The van der Waals surface area contributed by atoms with Gasteiger partial charge in [-0.2, -0.15) is 8.78 Å². The average Bonchev–Trinajstić information content (AvgIpc) is 3.62. The molecule has 3 N–H and O–H groups in total. The number of carbonyl (C=O) groups is 2. The molecule has 4 aliphatic rings. The quantitative estimate of drug-likeness (QED) is 0.353. The number of hydrogen-bond acceptors (Lipinski definition) is 8. The highest BCUT2D eigenvalue weighted by molar-refractivity contribution is 6.31. The van der Waals surface area contributed by atoms with Crippen molar-refractivity contribution in [2.24, 2.45) is 4.99 Å². The van der Waals surface area contributed by atoms with E-state index >= 15 is 4.39 Å². The van der Waals surface area contributed by atoms with Crippen LogP contribution in [-0.2, 0) is 9.53 Å². The van der Waals surface area contributed by atoms with Gasteiger partial charge in [0, 0.05) is 48.2 Å². The maximum absolute atomic E-state index is 15.5. The molecule has 1 saturated heterocycles. The highest BCUT2D eigenvalue weighted by Gasteiger charge is 2.39. The molecular formula is C30H31ClF3N7O3. The fourth-order valence-corrected chi connectivity index (χ4v) is 5.68. The summed E-state index contributed by atoms with van der Waals surface area (Å²) in [5.74, 6) is -1.06. The molecule has 0 aromatic heterocycles. The Balaban J connectivity index is 1.24. The van der Waals surface area contributed by atoms with Gasteiger partial charge in [0.15, 0.2) is 0 Å². The number of alkyl halides is 2. The van der Waals surface area contributed by atoms with Crippen molar-refractivity contribution in [3.8, 4) is 0 Å². The van der Waals surface area contributed by atoms with Crippen molar-refractivity contribution >= 4 is 35.4 Å². The largest absolute Gasteiger partial charge is 0.447 e. The third kappa shape index (κ3) is 6.26. The third-order valence-corrected chi connectivity index (χ3v) is 8.32. The molecule has 2 amide bonds. The first-order valence-corrected chi connectivity index (χ1v) is 14.6. The summed E-state index contributed by atoms with van der Waals surface area (Å²) in [4.78, 5) is 32.2. The van der Waals surface area contributed by atoms with E-state index in [4.69, 9.17) is 16.3 Å². The number of benzene rings is 2. The Hall–Kier alpha value is -4.07. The molecule has 3 heterocycles. The minimum absolute atomic E-state index is 0.0583. The molecule has 2 aromatic carbocycles. The lowest BCUT2D eigenvalue weighted by atomic mass is 9.99. The van der Waals surface area contributed by atoms with Gasteiger partial charge in [0.1, 0.15) is 24.6 Å². The van der Waals surface area contributed by atoms with Crippen molar-refractivity contribution < 1.29 is 27.5 Å². The second kappa shape index (κ2) is 12.5. The summed E-state index contributed by atoms with van der Waals surface area (Å²) in [6, 6.07) is 8.00. The maximum atomic E-state index is 15.5. The lowest BCUT2D eigenvalue weighted by molar-refractivity contribution is -0.132. The van der Waals surface area contributed by atoms with Gasteiger partial charge >= 0.3 is 12.6 Å². The predicted octanol–water partition coefficient (Wildman–Crippen LogP) is 4.45. The first-order valence-electron chi connectivity index (χ1n) is 14.2. The standard InChI is InChI=1S/C30H31ClF3N7O3/c1-39-13-19(14-41(39)29(33)34)17-3-7-21(24(32)12-17)26-28(42)40(16-37-26)25(15-44-30(43)38-20-5-6-20)18-4-8-23(31)22(11-18)27-35-9-2-10-36-27/h2-4,7-12,14,20,25-27,29,35,37H,5-6,13,15-16H2,1H3,(H,38,43)/t25-,26-,27?/m1/s1. The zero-order valence-electron chi connectivity index (χ0n) is 23.7. The smallest absolute Gasteiger partial charge is 0.407 e. The number of ether oxygens (including phenoxy) is 1. The molecule has 6 rings (SSSR count). The van der Waals surface area contributed by atoms with E-state index in [1.807, 2.05) is 6.07 Å². The van der Waals surface area contributed by atoms with E-state index in [2.05, 4.69) is 20.9 Å². The van der Waals surface area contributed by atoms with Crippen LogP contribution in [0.1, 0.15) is 53.3 Å². The molecular weight excluding hydrogens is 599 g/mol. The first-order chi connectivity index (χ1) is 21.2. The maximum Gasteiger partial charge on any atom is 0.407 e. The Labute approximate surface area is 257 Å². The highest BCUT2D eigenvalue weighted by atomic mass is 35.5. The van der Waals surface area contributed by atoms with Gasteiger partial charge < -0.3 is 20.3 Å². The van der Waals surface area contributed by atoms with Crippen LogP contribution in [0.3, 0.4) is 0 Å². The SMILES string of the molecule is CN1CC(c2ccc([C@H]3NCN([C@H](COC(=O)NC4CC4)c4ccc(Cl)c(C5N=CC=CN5)c4)C3=O)c(F)c2)=CN1C(F)F. The Morgan fingerprint density at radius 3 is 2.70 bits per heavy atom. The Morgan fingerprint density at radius 2 is 2.02 bits per heavy atom. The van der Waals surface area contributed by atoms with Crippen molar-refractivity contribution in [1.82, 2.24) is 30.9 Å². The number of nitrogens with one attached hydrogen (secondary N) is 3. The molecule has 1 saturated carbocycles. The van der Waals surface area contributed by atoms with Crippen LogP contribution < -0.4 is 16.0 Å². The van der Waals surface area contributed by atoms with E-state index in [-0.39, 0.29) is 31.4 Å². The molecule has 0 radical (unpaired) electrons. The zero-order chi connectivity index (χ0) is 31.0. The molecule has 44 heavy (non-hydrogen) atoms. The molecule has 1 aliphatic carbocycles. The van der Waals surface area contributed by atoms with Crippen molar-refractivity contribution in [3.63, 3.8) is 0 Å². The van der Waals surface area contributed by atoms with Crippen LogP contribution in [0.4, 0.5) is 18.0 Å². The minimum atomic E-state index is -2.72. The van der Waals surface area contributed by atoms with E-state index < -0.39 is 42.6 Å². The van der Waals surface area contributed by atoms with Crippen molar-refractivity contribution in [2.75, 3.05) is 26.9 Å². The van der Waals surface area contributed by atoms with Crippen LogP contribution >= 0.6 is 11.6 Å². The average molecular weight is 630 g/mol. The first kappa shape index (κ1) is 30.0. The number of likely N-dealkylation sites (N-methyl/N-ethyl adjacent to an activating group) is 1. The second-order valence-electron chi connectivity index (χ2n) is 11.0. The predicted molar refractivity (Wildman–Crippen MR) is 158 cm³/mol. The van der Waals surface area contributed by atoms with Crippen LogP contribution in [0.25, 0.3) is 5.57 Å². The fourth-order valence-electron chi connectivity index (χ4n) is 5.46. The third-order valence-electron chi connectivity index (χ3n) is 7.98. The topological polar surface area (TPSA) is 102 Å². The Kier molecular flexibility index (Phi) is 8.52. The molecule has 3 atom stereocenters. The Morgan fingerprint density at radius 1 is 1.20 bits per heavy atom. The number of carbonyl (C=O) groups excluding carboxylic acids is 2. The minimum Gasteiger partial charge on any atom is -0.447 e. The van der Waals surface area contributed by atoms with Gasteiger partial charge in [-0.1, -0.05) is 29.8 Å². The van der Waals surface area contributed by atoms with Crippen LogP contribution in [0.2, 0.25) is 5.02 Å². The summed E-state index contributed by atoms with van der Waals surface area (Å²) >= 11 is 6.51. The molecule has 0 spiro atoms. The summed E-state index contributed by atoms with van der Waals surface area (Å²) in [5, 5.41) is 11.6. The number of hydrazine groups is 1. The molecule has 2 fully saturated rings. The Bertz CT molecular complexity index is 1530. The van der Waals surface area contributed by atoms with Crippen LogP contribution in [0, 0.1) is 5.82 Å². The number of alkyl carbamates (subject to hydrolysis) is 1. The number of halogens is 4. The van der Waals surface area contributed by atoms with Gasteiger partial charge in [0.05, 0.1) is 12.7 Å². The van der Waals surface area contributed by atoms with Crippen molar-refractivity contribution in [2.45, 2.75) is 43.7 Å². The number of nitrogens with zero attached hydrogens (tertiary/aromatic N) is 4. The number of allylic oxidation sites excluding steroid dienone is 1. The monoisotopic (exact) mass is 629 g/mol. The van der Waals surface area contributed by atoms with E-state index in [0.717, 1.165) is 17.9 Å². The van der Waals surface area contributed by atoms with Crippen LogP contribution in [0.15, 0.2) is 59.9 Å². The van der Waals surface area contributed by atoms with E-state index in [9.17, 15) is 18.4 Å². The molecule has 232 valence electrons. The van der Waals surface area contributed by atoms with E-state index in [1.54, 1.807) is 36.7 Å². The van der Waals surface area contributed by atoms with Gasteiger partial charge in [-0.05, 0) is 60.0 Å². The number of amides is 2. The number of hydrogen-bond donors (Lipinski definition) is 3. The van der Waals surface area contributed by atoms with Gasteiger partial charge in [-0.15, -0.1) is 0 Å². The summed E-state index contributed by atoms with van der Waals surface area (Å²) in [7, 11) is 1.52. The molecule has 14 heteroatoms. The normalized spacial score (nSPS) is 22.4. The van der Waals surface area contributed by atoms with Crippen LogP contribution in [0.5, 0.6) is 0 Å². The van der Waals surface area contributed by atoms with Gasteiger partial charge in [-0.3, -0.25) is 20.1 Å². The van der Waals surface area contributed by atoms with Gasteiger partial charge in [0.25, 0.3) is 0 Å². The van der Waals surface area contributed by atoms with Crippen molar-refractivity contribution in [1.29, 1.82) is 0 Å². The summed E-state index contributed by atoms with van der Waals surface area (Å²) in [5.41, 5.74) is 2.42. The van der Waals surface area contributed by atoms with Crippen LogP contribution in [-0.4, -0.2) is 72.6 Å². The second-order valence-corrected chi connectivity index (χ2v) is 11.4. The van der Waals surface area contributed by atoms with E-state index in [0.29, 0.717) is 27.3 Å². The molecule has 0 bridgehead atoms. The molecule has 1 unspecified atom stereocenters.